The van der Waals surface area contributed by atoms with Crippen LogP contribution in [0, 0.1) is 5.92 Å². The number of carbonyl (C=O) groups excluding carboxylic acids is 2. The normalized spacial score (nSPS) is 19.3. The lowest BCUT2D eigenvalue weighted by Gasteiger charge is -2.25. The molecule has 1 aromatic heterocycles. The molecule has 1 aliphatic heterocycles. The van der Waals surface area contributed by atoms with Crippen molar-refractivity contribution in [2.75, 3.05) is 18.5 Å². The third kappa shape index (κ3) is 8.78. The zero-order valence-corrected chi connectivity index (χ0v) is 25.8. The van der Waals surface area contributed by atoms with Gasteiger partial charge in [0.15, 0.2) is 0 Å². The number of halogens is 2. The molecule has 4 aromatic rings. The van der Waals surface area contributed by atoms with E-state index in [-0.39, 0.29) is 32.2 Å². The summed E-state index contributed by atoms with van der Waals surface area (Å²) in [6, 6.07) is 24.6. The largest absolute Gasteiger partial charge is 0.465 e. The highest BCUT2D eigenvalue weighted by Gasteiger charge is 2.47. The number of benzene rings is 3. The predicted molar refractivity (Wildman–Crippen MR) is 168 cm³/mol. The molecule has 2 heterocycles. The van der Waals surface area contributed by atoms with E-state index in [1.807, 2.05) is 24.3 Å². The lowest BCUT2D eigenvalue weighted by Crippen LogP contribution is -2.37. The third-order valence-electron chi connectivity index (χ3n) is 7.15. The van der Waals surface area contributed by atoms with Crippen LogP contribution in [0.1, 0.15) is 34.6 Å². The molecular weight excluding hydrogens is 621 g/mol. The first-order valence-corrected chi connectivity index (χ1v) is 14.9. The van der Waals surface area contributed by atoms with Gasteiger partial charge in [0.1, 0.15) is 24.8 Å². The van der Waals surface area contributed by atoms with E-state index in [1.54, 1.807) is 54.6 Å². The minimum Gasteiger partial charge on any atom is -0.465 e. The van der Waals surface area contributed by atoms with Gasteiger partial charge in [-0.3, -0.25) is 14.2 Å². The fourth-order valence-corrected chi connectivity index (χ4v) is 5.18. The van der Waals surface area contributed by atoms with E-state index in [2.05, 4.69) is 10.3 Å². The van der Waals surface area contributed by atoms with Crippen molar-refractivity contribution in [2.24, 2.45) is 5.92 Å². The topological polar surface area (TPSA) is 118 Å². The van der Waals surface area contributed by atoms with Gasteiger partial charge < -0.3 is 24.3 Å². The number of ether oxygens (including phenoxy) is 4. The van der Waals surface area contributed by atoms with Crippen molar-refractivity contribution in [3.05, 3.63) is 128 Å². The molecule has 45 heavy (non-hydrogen) atoms. The molecule has 234 valence electrons. The van der Waals surface area contributed by atoms with E-state index in [9.17, 15) is 14.4 Å². The van der Waals surface area contributed by atoms with Gasteiger partial charge in [-0.25, -0.2) is 4.79 Å². The van der Waals surface area contributed by atoms with Crippen LogP contribution >= 0.6 is 23.2 Å². The summed E-state index contributed by atoms with van der Waals surface area (Å²) in [6.07, 6.45) is -0.712. The van der Waals surface area contributed by atoms with Crippen LogP contribution in [-0.2, 0) is 37.0 Å². The Hall–Kier alpha value is -4.06. The van der Waals surface area contributed by atoms with Gasteiger partial charge in [-0.05, 0) is 53.6 Å². The fraction of sp³-hybridized carbons (Fsp3) is 0.273. The Balaban J connectivity index is 1.38. The highest BCUT2D eigenvalue weighted by Crippen LogP contribution is 2.37. The Bertz CT molecular complexity index is 1650. The SMILES string of the molecule is CC(=O)OC[C@@H]1[C@H](OCc2ccc(Cl)cc2)[C@@H](COCc2ccc(Cl)cc2)O[C@H]1n1ccc(NC(=O)c2ccccc2)nc1=O. The number of anilines is 1. The molecule has 1 aliphatic rings. The number of hydrogen-bond acceptors (Lipinski definition) is 8. The van der Waals surface area contributed by atoms with E-state index in [4.69, 9.17) is 42.1 Å². The summed E-state index contributed by atoms with van der Waals surface area (Å²) in [5.74, 6) is -1.41. The zero-order valence-electron chi connectivity index (χ0n) is 24.3. The highest BCUT2D eigenvalue weighted by molar-refractivity contribution is 6.30. The number of hydrogen-bond donors (Lipinski definition) is 1. The number of rotatable bonds is 12. The Morgan fingerprint density at radius 3 is 2.16 bits per heavy atom. The number of nitrogens with zero attached hydrogens (tertiary/aromatic N) is 2. The molecule has 0 spiro atoms. The summed E-state index contributed by atoms with van der Waals surface area (Å²) < 4.78 is 25.5. The summed E-state index contributed by atoms with van der Waals surface area (Å²) in [4.78, 5) is 41.8. The van der Waals surface area contributed by atoms with E-state index >= 15 is 0 Å². The molecular formula is C33H31Cl2N3O7. The number of aromatic nitrogens is 2. The van der Waals surface area contributed by atoms with E-state index in [0.29, 0.717) is 15.6 Å². The Labute approximate surface area is 269 Å². The molecule has 0 aliphatic carbocycles. The van der Waals surface area contributed by atoms with Crippen LogP contribution in [0.25, 0.3) is 0 Å². The summed E-state index contributed by atoms with van der Waals surface area (Å²) in [5, 5.41) is 3.86. The molecule has 5 rings (SSSR count). The van der Waals surface area contributed by atoms with Crippen molar-refractivity contribution in [2.45, 2.75) is 38.6 Å². The molecule has 4 atom stereocenters. The molecule has 12 heteroatoms. The van der Waals surface area contributed by atoms with Gasteiger partial charge in [0.25, 0.3) is 5.91 Å². The van der Waals surface area contributed by atoms with E-state index in [0.717, 1.165) is 11.1 Å². The van der Waals surface area contributed by atoms with Crippen LogP contribution in [0.4, 0.5) is 5.82 Å². The molecule has 10 nitrogen and oxygen atoms in total. The van der Waals surface area contributed by atoms with Crippen LogP contribution in [0.15, 0.2) is 95.9 Å². The van der Waals surface area contributed by atoms with Crippen molar-refractivity contribution in [3.63, 3.8) is 0 Å². The molecule has 0 radical (unpaired) electrons. The minimum atomic E-state index is -0.914. The lowest BCUT2D eigenvalue weighted by atomic mass is 10.00. The maximum atomic E-state index is 13.3. The maximum Gasteiger partial charge on any atom is 0.351 e. The molecule has 0 unspecified atom stereocenters. The number of amides is 1. The summed E-state index contributed by atoms with van der Waals surface area (Å²) in [6.45, 7) is 1.84. The predicted octanol–water partition coefficient (Wildman–Crippen LogP) is 5.68. The second-order valence-electron chi connectivity index (χ2n) is 10.4. The second kappa shape index (κ2) is 15.3. The van der Waals surface area contributed by atoms with Gasteiger partial charge in [-0.1, -0.05) is 65.7 Å². The average molecular weight is 653 g/mol. The minimum absolute atomic E-state index is 0.0815. The number of carbonyl (C=O) groups is 2. The summed E-state index contributed by atoms with van der Waals surface area (Å²) >= 11 is 12.1. The number of esters is 1. The summed E-state index contributed by atoms with van der Waals surface area (Å²) in [7, 11) is 0. The monoisotopic (exact) mass is 651 g/mol. The van der Waals surface area contributed by atoms with Gasteiger partial charge in [0.2, 0.25) is 0 Å². The highest BCUT2D eigenvalue weighted by atomic mass is 35.5. The molecule has 1 fully saturated rings. The quantitative estimate of drug-likeness (QED) is 0.194. The van der Waals surface area contributed by atoms with Crippen molar-refractivity contribution in [1.29, 1.82) is 0 Å². The van der Waals surface area contributed by atoms with Crippen LogP contribution in [-0.4, -0.2) is 46.8 Å². The van der Waals surface area contributed by atoms with Crippen LogP contribution in [0.2, 0.25) is 10.0 Å². The van der Waals surface area contributed by atoms with Crippen LogP contribution in [0.5, 0.6) is 0 Å². The number of nitrogens with one attached hydrogen (secondary N) is 1. The van der Waals surface area contributed by atoms with Gasteiger partial charge in [-0.15, -0.1) is 0 Å². The van der Waals surface area contributed by atoms with Crippen LogP contribution < -0.4 is 11.0 Å². The van der Waals surface area contributed by atoms with Crippen molar-refractivity contribution in [1.82, 2.24) is 9.55 Å². The van der Waals surface area contributed by atoms with Gasteiger partial charge in [-0.2, -0.15) is 4.98 Å². The average Bonchev–Trinajstić information content (AvgIpc) is 3.37. The summed E-state index contributed by atoms with van der Waals surface area (Å²) in [5.41, 5.74) is 1.54. The Morgan fingerprint density at radius 2 is 1.53 bits per heavy atom. The van der Waals surface area contributed by atoms with E-state index in [1.165, 1.54) is 23.8 Å². The first kappa shape index (κ1) is 32.3. The zero-order chi connectivity index (χ0) is 31.8. The van der Waals surface area contributed by atoms with Gasteiger partial charge >= 0.3 is 11.7 Å². The maximum absolute atomic E-state index is 13.3. The molecule has 0 bridgehead atoms. The Kier molecular flexibility index (Phi) is 11.0. The fourth-order valence-electron chi connectivity index (χ4n) is 4.92. The van der Waals surface area contributed by atoms with Crippen molar-refractivity contribution < 1.29 is 28.5 Å². The smallest absolute Gasteiger partial charge is 0.351 e. The second-order valence-corrected chi connectivity index (χ2v) is 11.3. The van der Waals surface area contributed by atoms with Crippen LogP contribution in [0.3, 0.4) is 0 Å². The molecule has 1 amide bonds. The molecule has 1 N–H and O–H groups in total. The van der Waals surface area contributed by atoms with Crippen molar-refractivity contribution in [3.8, 4) is 0 Å². The third-order valence-corrected chi connectivity index (χ3v) is 7.65. The first-order chi connectivity index (χ1) is 21.8. The molecule has 3 aromatic carbocycles. The molecule has 0 saturated carbocycles. The first-order valence-electron chi connectivity index (χ1n) is 14.2. The van der Waals surface area contributed by atoms with E-state index < -0.39 is 41.9 Å². The standard InChI is InChI=1S/C33H31Cl2N3O7/c1-21(39)43-19-27-30(44-18-23-9-13-26(35)14-10-23)28(20-42-17-22-7-11-25(34)12-8-22)45-32(27)38-16-15-29(37-33(38)41)36-31(40)24-5-3-2-4-6-24/h2-16,27-28,30,32H,17-20H2,1H3,(H,36,37,40,41)/t27-,28-,30+,32-/m1/s1. The lowest BCUT2D eigenvalue weighted by molar-refractivity contribution is -0.144. The molecule has 1 saturated heterocycles. The van der Waals surface area contributed by atoms with Gasteiger partial charge in [0.05, 0.1) is 31.8 Å². The van der Waals surface area contributed by atoms with Gasteiger partial charge in [0, 0.05) is 28.7 Å². The Morgan fingerprint density at radius 1 is 0.889 bits per heavy atom. The van der Waals surface area contributed by atoms with Crippen molar-refractivity contribution >= 4 is 40.9 Å².